The molecule has 5 rings (SSSR count). The van der Waals surface area contributed by atoms with Crippen LogP contribution in [0, 0.1) is 20.8 Å². The van der Waals surface area contributed by atoms with Crippen molar-refractivity contribution in [2.24, 2.45) is 0 Å². The lowest BCUT2D eigenvalue weighted by atomic mass is 10.0. The lowest BCUT2D eigenvalue weighted by Gasteiger charge is -2.09. The van der Waals surface area contributed by atoms with Crippen LogP contribution < -0.4 is 0 Å². The van der Waals surface area contributed by atoms with Crippen molar-refractivity contribution < 1.29 is 4.52 Å². The smallest absolute Gasteiger partial charge is 0.141 e. The first-order valence-electron chi connectivity index (χ1n) is 8.90. The van der Waals surface area contributed by atoms with Crippen LogP contribution in [0.5, 0.6) is 0 Å². The normalized spacial score (nSPS) is 11.5. The van der Waals surface area contributed by atoms with Gasteiger partial charge in [0.1, 0.15) is 17.1 Å². The Kier molecular flexibility index (Phi) is 3.37. The van der Waals surface area contributed by atoms with Crippen molar-refractivity contribution in [2.45, 2.75) is 20.8 Å². The first-order chi connectivity index (χ1) is 13.1. The van der Waals surface area contributed by atoms with Crippen LogP contribution in [0.3, 0.4) is 0 Å². The highest BCUT2D eigenvalue weighted by atomic mass is 16.5. The molecule has 5 heteroatoms. The third-order valence-corrected chi connectivity index (χ3v) is 4.99. The molecule has 0 unspecified atom stereocenters. The number of nitrogens with zero attached hydrogens (tertiary/aromatic N) is 4. The zero-order valence-electron chi connectivity index (χ0n) is 15.4. The van der Waals surface area contributed by atoms with Gasteiger partial charge in [-0.1, -0.05) is 29.4 Å². The van der Waals surface area contributed by atoms with Gasteiger partial charge in [0.25, 0.3) is 0 Å². The van der Waals surface area contributed by atoms with E-state index in [9.17, 15) is 0 Å². The average Bonchev–Trinajstić information content (AvgIpc) is 3.20. The molecule has 0 aliphatic carbocycles. The summed E-state index contributed by atoms with van der Waals surface area (Å²) in [4.78, 5) is 9.38. The van der Waals surface area contributed by atoms with Gasteiger partial charge < -0.3 is 4.52 Å². The molecule has 0 fully saturated rings. The second kappa shape index (κ2) is 5.77. The van der Waals surface area contributed by atoms with E-state index >= 15 is 0 Å². The van der Waals surface area contributed by atoms with E-state index < -0.39 is 0 Å². The fraction of sp³-hybridized carbons (Fsp3) is 0.136. The van der Waals surface area contributed by atoms with Crippen LogP contribution in [0.25, 0.3) is 38.8 Å². The topological polar surface area (TPSA) is 56.7 Å². The van der Waals surface area contributed by atoms with Gasteiger partial charge in [0.05, 0.1) is 22.9 Å². The van der Waals surface area contributed by atoms with E-state index in [1.165, 1.54) is 0 Å². The summed E-state index contributed by atoms with van der Waals surface area (Å²) in [6.07, 6.45) is 1.85. The van der Waals surface area contributed by atoms with Crippen LogP contribution in [0.4, 0.5) is 0 Å². The van der Waals surface area contributed by atoms with Crippen LogP contribution in [0.15, 0.2) is 59.3 Å². The van der Waals surface area contributed by atoms with Gasteiger partial charge in [-0.25, -0.2) is 4.98 Å². The molecule has 0 radical (unpaired) electrons. The van der Waals surface area contributed by atoms with Gasteiger partial charge in [-0.2, -0.15) is 0 Å². The van der Waals surface area contributed by atoms with Gasteiger partial charge in [0, 0.05) is 16.6 Å². The second-order valence-electron chi connectivity index (χ2n) is 6.75. The maximum atomic E-state index is 5.33. The number of para-hydroxylation sites is 1. The molecule has 5 nitrogen and oxygen atoms in total. The fourth-order valence-electron chi connectivity index (χ4n) is 3.82. The van der Waals surface area contributed by atoms with E-state index in [0.29, 0.717) is 0 Å². The van der Waals surface area contributed by atoms with E-state index in [2.05, 4.69) is 45.0 Å². The Morgan fingerprint density at radius 1 is 0.926 bits per heavy atom. The maximum absolute atomic E-state index is 5.33. The molecular formula is C22H18N4O. The molecule has 3 heterocycles. The molecule has 27 heavy (non-hydrogen) atoms. The van der Waals surface area contributed by atoms with Gasteiger partial charge in [-0.15, -0.1) is 0 Å². The Hall–Kier alpha value is -3.47. The summed E-state index contributed by atoms with van der Waals surface area (Å²) < 4.78 is 7.52. The Balaban J connectivity index is 1.81. The van der Waals surface area contributed by atoms with Crippen molar-refractivity contribution >= 4 is 21.9 Å². The Morgan fingerprint density at radius 2 is 1.74 bits per heavy atom. The number of rotatable bonds is 2. The van der Waals surface area contributed by atoms with Crippen LogP contribution in [0.1, 0.15) is 17.3 Å². The van der Waals surface area contributed by atoms with Gasteiger partial charge in [-0.05, 0) is 50.6 Å². The van der Waals surface area contributed by atoms with E-state index in [4.69, 9.17) is 9.51 Å². The predicted octanol–water partition coefficient (Wildman–Crippen LogP) is 5.15. The summed E-state index contributed by atoms with van der Waals surface area (Å²) in [5.41, 5.74) is 6.98. The minimum atomic E-state index is 0.818. The molecule has 0 amide bonds. The lowest BCUT2D eigenvalue weighted by molar-refractivity contribution is 0.393. The van der Waals surface area contributed by atoms with Crippen molar-refractivity contribution in [1.29, 1.82) is 0 Å². The average molecular weight is 354 g/mol. The monoisotopic (exact) mass is 354 g/mol. The Bertz CT molecular complexity index is 1280. The summed E-state index contributed by atoms with van der Waals surface area (Å²) >= 11 is 0. The molecule has 0 spiro atoms. The van der Waals surface area contributed by atoms with E-state index in [-0.39, 0.29) is 0 Å². The Labute approximate surface area is 156 Å². The molecule has 0 atom stereocenters. The molecule has 132 valence electrons. The quantitative estimate of drug-likeness (QED) is 0.440. The lowest BCUT2D eigenvalue weighted by Crippen LogP contribution is -1.97. The second-order valence-corrected chi connectivity index (χ2v) is 6.75. The maximum Gasteiger partial charge on any atom is 0.141 e. The number of aryl methyl sites for hydroxylation is 3. The van der Waals surface area contributed by atoms with Gasteiger partial charge in [0.2, 0.25) is 0 Å². The SMILES string of the molecule is Cc1noc(C)c1-c1ccc2c(c1)ncc1nc(C)n(-c3ccccc3)c12. The molecule has 2 aromatic carbocycles. The summed E-state index contributed by atoms with van der Waals surface area (Å²) in [5.74, 6) is 1.76. The molecule has 0 saturated heterocycles. The number of aromatic nitrogens is 4. The molecule has 0 saturated carbocycles. The fourth-order valence-corrected chi connectivity index (χ4v) is 3.82. The van der Waals surface area contributed by atoms with Crippen molar-refractivity contribution in [1.82, 2.24) is 19.7 Å². The number of hydrogen-bond donors (Lipinski definition) is 0. The van der Waals surface area contributed by atoms with Crippen LogP contribution in [-0.4, -0.2) is 19.7 Å². The van der Waals surface area contributed by atoms with E-state index in [1.54, 1.807) is 0 Å². The molecule has 0 N–H and O–H groups in total. The number of benzene rings is 2. The van der Waals surface area contributed by atoms with Gasteiger partial charge in [0.15, 0.2) is 0 Å². The molecule has 0 aliphatic heterocycles. The summed E-state index contributed by atoms with van der Waals surface area (Å²) in [6.45, 7) is 5.92. The largest absolute Gasteiger partial charge is 0.361 e. The molecule has 3 aromatic heterocycles. The number of hydrogen-bond acceptors (Lipinski definition) is 4. The first-order valence-corrected chi connectivity index (χ1v) is 8.90. The van der Waals surface area contributed by atoms with E-state index in [0.717, 1.165) is 56.0 Å². The zero-order valence-corrected chi connectivity index (χ0v) is 15.4. The minimum Gasteiger partial charge on any atom is -0.361 e. The summed E-state index contributed by atoms with van der Waals surface area (Å²) in [7, 11) is 0. The van der Waals surface area contributed by atoms with Crippen molar-refractivity contribution in [3.63, 3.8) is 0 Å². The highest BCUT2D eigenvalue weighted by molar-refractivity contribution is 6.04. The van der Waals surface area contributed by atoms with Crippen molar-refractivity contribution in [2.75, 3.05) is 0 Å². The summed E-state index contributed by atoms with van der Waals surface area (Å²) in [5, 5.41) is 5.15. The van der Waals surface area contributed by atoms with Gasteiger partial charge >= 0.3 is 0 Å². The van der Waals surface area contributed by atoms with Crippen molar-refractivity contribution in [3.8, 4) is 16.8 Å². The van der Waals surface area contributed by atoms with Gasteiger partial charge in [-0.3, -0.25) is 9.55 Å². The Morgan fingerprint density at radius 3 is 2.48 bits per heavy atom. The highest BCUT2D eigenvalue weighted by Crippen LogP contribution is 2.32. The minimum absolute atomic E-state index is 0.818. The van der Waals surface area contributed by atoms with Crippen LogP contribution in [0.2, 0.25) is 0 Å². The highest BCUT2D eigenvalue weighted by Gasteiger charge is 2.16. The molecule has 0 aliphatic rings. The zero-order chi connectivity index (χ0) is 18.5. The van der Waals surface area contributed by atoms with Crippen molar-refractivity contribution in [3.05, 3.63) is 72.0 Å². The molecular weight excluding hydrogens is 336 g/mol. The summed E-state index contributed by atoms with van der Waals surface area (Å²) in [6, 6.07) is 16.6. The van der Waals surface area contributed by atoms with Crippen LogP contribution >= 0.6 is 0 Å². The third-order valence-electron chi connectivity index (χ3n) is 4.99. The molecule has 0 bridgehead atoms. The third kappa shape index (κ3) is 2.35. The molecule has 5 aromatic rings. The number of pyridine rings is 1. The van der Waals surface area contributed by atoms with E-state index in [1.807, 2.05) is 45.2 Å². The number of fused-ring (bicyclic) bond motifs is 3. The first kappa shape index (κ1) is 15.8. The number of imidazole rings is 1. The van der Waals surface area contributed by atoms with Crippen LogP contribution in [-0.2, 0) is 0 Å². The standard InChI is InChI=1S/C22H18N4O/c1-13-21(14(2)27-25-13)16-9-10-18-19(11-16)23-12-20-22(18)26(15(3)24-20)17-7-5-4-6-8-17/h4-12H,1-3H3. The predicted molar refractivity (Wildman–Crippen MR) is 106 cm³/mol.